The normalized spacial score (nSPS) is 11.8. The molecule has 0 fully saturated rings. The maximum atomic E-state index is 2.34. The van der Waals surface area contributed by atoms with Gasteiger partial charge in [-0.25, -0.2) is 0 Å². The van der Waals surface area contributed by atoms with Gasteiger partial charge in [0.15, 0.2) is 0 Å². The van der Waals surface area contributed by atoms with E-state index in [1.165, 1.54) is 11.4 Å². The van der Waals surface area contributed by atoms with Crippen molar-refractivity contribution in [3.63, 3.8) is 0 Å². The average molecular weight is 357 g/mol. The first-order valence-electron chi connectivity index (χ1n) is 7.17. The molecule has 2 nitrogen and oxygen atoms in total. The number of benzene rings is 2. The molecule has 2 aromatic carbocycles. The molecular weight excluding hydrogens is 327 g/mol. The van der Waals surface area contributed by atoms with Crippen molar-refractivity contribution in [2.75, 3.05) is 23.9 Å². The third-order valence-electron chi connectivity index (χ3n) is 4.25. The molecule has 0 aliphatic carbocycles. The monoisotopic (exact) mass is 356 g/mol. The molecule has 0 spiro atoms. The Hall–Kier alpha value is -1.47. The molecule has 0 bridgehead atoms. The Morgan fingerprint density at radius 3 is 1.13 bits per heavy atom. The Kier molecular flexibility index (Phi) is 11.5. The van der Waals surface area contributed by atoms with Crippen molar-refractivity contribution in [1.29, 1.82) is 0 Å². The molecule has 2 atom stereocenters. The topological polar surface area (TPSA) is 6.48 Å². The minimum Gasteiger partial charge on any atom is -0.370 e. The first-order chi connectivity index (χ1) is 9.61. The zero-order valence-corrected chi connectivity index (χ0v) is 16.1. The molecule has 0 aliphatic heterocycles. The van der Waals surface area contributed by atoms with Gasteiger partial charge in [0.1, 0.15) is 0 Å². The molecule has 3 heteroatoms. The Bertz CT molecular complexity index is 466. The van der Waals surface area contributed by atoms with Gasteiger partial charge in [0.25, 0.3) is 0 Å². The van der Waals surface area contributed by atoms with Gasteiger partial charge >= 0.3 is 0 Å². The van der Waals surface area contributed by atoms with E-state index in [2.05, 4.69) is 98.4 Å². The third kappa shape index (κ3) is 5.91. The van der Waals surface area contributed by atoms with Crippen LogP contribution in [0.5, 0.6) is 0 Å². The van der Waals surface area contributed by atoms with Gasteiger partial charge in [0.05, 0.1) is 0 Å². The minimum atomic E-state index is 0. The van der Waals surface area contributed by atoms with Crippen LogP contribution in [0.15, 0.2) is 60.7 Å². The van der Waals surface area contributed by atoms with Crippen LogP contribution in [0.2, 0.25) is 0 Å². The Morgan fingerprint density at radius 1 is 0.609 bits per heavy atom. The van der Waals surface area contributed by atoms with E-state index in [0.29, 0.717) is 12.1 Å². The van der Waals surface area contributed by atoms with Crippen LogP contribution in [0.4, 0.5) is 11.4 Å². The standard InChI is InChI=1S/C18H24N2.2CH3.Ni/c1-15(19(3)17-11-7-5-8-12-17)16(2)20(4)18-13-9-6-10-14-18;;;/h5-16H,1-4H3;2*1H3;/q;2*-1;. The van der Waals surface area contributed by atoms with Crippen LogP contribution in [0, 0.1) is 14.9 Å². The van der Waals surface area contributed by atoms with Crippen molar-refractivity contribution in [2.24, 2.45) is 0 Å². The van der Waals surface area contributed by atoms with Crippen molar-refractivity contribution in [3.05, 3.63) is 75.5 Å². The quantitative estimate of drug-likeness (QED) is 0.553. The predicted octanol–water partition coefficient (Wildman–Crippen LogP) is 4.93. The summed E-state index contributed by atoms with van der Waals surface area (Å²) in [7, 11) is 4.32. The number of nitrogens with zero attached hydrogens (tertiary/aromatic N) is 2. The number of hydrogen-bond donors (Lipinski definition) is 0. The van der Waals surface area contributed by atoms with E-state index < -0.39 is 0 Å². The molecule has 0 radical (unpaired) electrons. The summed E-state index contributed by atoms with van der Waals surface area (Å²) >= 11 is 0. The van der Waals surface area contributed by atoms with E-state index in [4.69, 9.17) is 0 Å². The van der Waals surface area contributed by atoms with E-state index >= 15 is 0 Å². The van der Waals surface area contributed by atoms with Crippen molar-refractivity contribution < 1.29 is 16.5 Å². The van der Waals surface area contributed by atoms with Crippen LogP contribution in [0.1, 0.15) is 13.8 Å². The molecule has 0 saturated carbocycles. The average Bonchev–Trinajstić information content (AvgIpc) is 2.53. The van der Waals surface area contributed by atoms with E-state index in [1.54, 1.807) is 0 Å². The van der Waals surface area contributed by atoms with Crippen LogP contribution in [0.3, 0.4) is 0 Å². The number of anilines is 2. The van der Waals surface area contributed by atoms with Crippen LogP contribution in [-0.2, 0) is 16.5 Å². The van der Waals surface area contributed by atoms with Gasteiger partial charge in [0.2, 0.25) is 0 Å². The van der Waals surface area contributed by atoms with Gasteiger partial charge in [-0.15, -0.1) is 0 Å². The summed E-state index contributed by atoms with van der Waals surface area (Å²) in [4.78, 5) is 4.67. The van der Waals surface area contributed by atoms with Gasteiger partial charge in [-0.2, -0.15) is 0 Å². The molecule has 0 N–H and O–H groups in total. The first-order valence-corrected chi connectivity index (χ1v) is 7.17. The fraction of sp³-hybridized carbons (Fsp3) is 0.300. The van der Waals surface area contributed by atoms with Crippen molar-refractivity contribution in [3.8, 4) is 0 Å². The smallest absolute Gasteiger partial charge is 0.0459 e. The maximum Gasteiger partial charge on any atom is 0.0459 e. The van der Waals surface area contributed by atoms with E-state index in [1.807, 2.05) is 0 Å². The van der Waals surface area contributed by atoms with Crippen LogP contribution >= 0.6 is 0 Å². The predicted molar refractivity (Wildman–Crippen MR) is 101 cm³/mol. The second-order valence-electron chi connectivity index (χ2n) is 5.37. The third-order valence-corrected chi connectivity index (χ3v) is 4.25. The van der Waals surface area contributed by atoms with Crippen molar-refractivity contribution in [1.82, 2.24) is 0 Å². The number of para-hydroxylation sites is 2. The molecule has 2 aromatic rings. The van der Waals surface area contributed by atoms with Crippen LogP contribution in [0.25, 0.3) is 0 Å². The Morgan fingerprint density at radius 2 is 0.870 bits per heavy atom. The number of likely N-dealkylation sites (N-methyl/N-ethyl adjacent to an activating group) is 2. The number of hydrogen-bond acceptors (Lipinski definition) is 2. The molecule has 0 amide bonds. The SMILES string of the molecule is CC(C(C)N(C)c1ccccc1)N(C)c1ccccc1.[CH3-].[CH3-].[Ni]. The molecule has 0 heterocycles. The Balaban J connectivity index is 0. The Labute approximate surface area is 153 Å². The summed E-state index contributed by atoms with van der Waals surface area (Å²) < 4.78 is 0. The van der Waals surface area contributed by atoms with Gasteiger partial charge in [-0.1, -0.05) is 36.4 Å². The molecule has 23 heavy (non-hydrogen) atoms. The summed E-state index contributed by atoms with van der Waals surface area (Å²) in [6.45, 7) is 4.55. The second kappa shape index (κ2) is 11.1. The largest absolute Gasteiger partial charge is 0.370 e. The van der Waals surface area contributed by atoms with Gasteiger partial charge in [0, 0.05) is 54.0 Å². The zero-order valence-electron chi connectivity index (χ0n) is 15.1. The summed E-state index contributed by atoms with van der Waals surface area (Å²) in [5, 5.41) is 0. The van der Waals surface area contributed by atoms with Crippen LogP contribution in [-0.4, -0.2) is 26.2 Å². The van der Waals surface area contributed by atoms with E-state index in [0.717, 1.165) is 0 Å². The molecule has 0 saturated heterocycles. The van der Waals surface area contributed by atoms with Gasteiger partial charge in [-0.05, 0) is 38.1 Å². The molecule has 0 aliphatic rings. The van der Waals surface area contributed by atoms with Crippen molar-refractivity contribution >= 4 is 11.4 Å². The second-order valence-corrected chi connectivity index (χ2v) is 5.37. The van der Waals surface area contributed by atoms with Gasteiger partial charge in [-0.3, -0.25) is 0 Å². The summed E-state index contributed by atoms with van der Waals surface area (Å²) in [5.41, 5.74) is 2.52. The maximum absolute atomic E-state index is 2.34. The first kappa shape index (κ1) is 23.8. The molecule has 0 aromatic heterocycles. The fourth-order valence-electron chi connectivity index (χ4n) is 2.44. The summed E-state index contributed by atoms with van der Waals surface area (Å²) in [6.07, 6.45) is 0. The summed E-state index contributed by atoms with van der Waals surface area (Å²) in [5.74, 6) is 0. The minimum absolute atomic E-state index is 0. The molecule has 2 rings (SSSR count). The molecular formula is C20H30N2Ni-2. The van der Waals surface area contributed by atoms with Crippen molar-refractivity contribution in [2.45, 2.75) is 25.9 Å². The van der Waals surface area contributed by atoms with Crippen LogP contribution < -0.4 is 9.80 Å². The molecule has 2 unspecified atom stereocenters. The fourth-order valence-corrected chi connectivity index (χ4v) is 2.44. The van der Waals surface area contributed by atoms with Gasteiger partial charge < -0.3 is 24.7 Å². The van der Waals surface area contributed by atoms with E-state index in [-0.39, 0.29) is 31.3 Å². The zero-order chi connectivity index (χ0) is 14.5. The van der Waals surface area contributed by atoms with E-state index in [9.17, 15) is 0 Å². The number of rotatable bonds is 5. The molecule has 132 valence electrons. The summed E-state index contributed by atoms with van der Waals surface area (Å²) in [6, 6.07) is 21.9.